The van der Waals surface area contributed by atoms with Crippen molar-refractivity contribution in [2.75, 3.05) is 46.4 Å². The van der Waals surface area contributed by atoms with E-state index in [1.54, 1.807) is 7.11 Å². The Morgan fingerprint density at radius 3 is 2.46 bits per heavy atom. The molecule has 4 nitrogen and oxygen atoms in total. The molecular formula is C22H32N2O2. The van der Waals surface area contributed by atoms with E-state index in [1.165, 1.54) is 38.0 Å². The van der Waals surface area contributed by atoms with Crippen LogP contribution in [0.15, 0.2) is 30.4 Å². The number of nitrogens with zero attached hydrogens (tertiary/aromatic N) is 2. The standard InChI is InChI=1S/C22H32N2O2/c1-3-26-22-14-18(5-7-21(22)25-2)15-23-8-10-24(11-9-23)16-20-13-17-4-6-19(20)12-17/h4-7,14,17,19-20H,3,8-13,15-16H2,1-2H3/t17-,19-,20+/m0/s1. The highest BCUT2D eigenvalue weighted by atomic mass is 16.5. The van der Waals surface area contributed by atoms with E-state index in [-0.39, 0.29) is 0 Å². The highest BCUT2D eigenvalue weighted by Crippen LogP contribution is 2.43. The lowest BCUT2D eigenvalue weighted by Gasteiger charge is -2.37. The summed E-state index contributed by atoms with van der Waals surface area (Å²) in [4.78, 5) is 5.25. The molecule has 1 saturated carbocycles. The molecule has 0 spiro atoms. The summed E-state index contributed by atoms with van der Waals surface area (Å²) in [6.07, 6.45) is 7.77. The first kappa shape index (κ1) is 17.9. The number of hydrogen-bond acceptors (Lipinski definition) is 4. The average molecular weight is 357 g/mol. The average Bonchev–Trinajstić information content (AvgIpc) is 3.27. The van der Waals surface area contributed by atoms with Crippen molar-refractivity contribution in [3.63, 3.8) is 0 Å². The smallest absolute Gasteiger partial charge is 0.161 e. The first-order valence-electron chi connectivity index (χ1n) is 10.2. The van der Waals surface area contributed by atoms with Gasteiger partial charge in [0.25, 0.3) is 0 Å². The van der Waals surface area contributed by atoms with Crippen molar-refractivity contribution in [2.45, 2.75) is 26.3 Å². The lowest BCUT2D eigenvalue weighted by molar-refractivity contribution is 0.108. The molecule has 3 aliphatic rings. The van der Waals surface area contributed by atoms with Gasteiger partial charge in [0.05, 0.1) is 13.7 Å². The quantitative estimate of drug-likeness (QED) is 0.699. The van der Waals surface area contributed by atoms with Gasteiger partial charge in [-0.05, 0) is 55.2 Å². The van der Waals surface area contributed by atoms with Crippen LogP contribution in [0.4, 0.5) is 0 Å². The van der Waals surface area contributed by atoms with Crippen molar-refractivity contribution in [3.05, 3.63) is 35.9 Å². The van der Waals surface area contributed by atoms with Crippen LogP contribution < -0.4 is 9.47 Å². The Morgan fingerprint density at radius 2 is 1.81 bits per heavy atom. The van der Waals surface area contributed by atoms with Crippen LogP contribution in [-0.4, -0.2) is 56.2 Å². The Kier molecular flexibility index (Phi) is 5.51. The fraction of sp³-hybridized carbons (Fsp3) is 0.636. The molecule has 2 bridgehead atoms. The molecule has 3 atom stereocenters. The van der Waals surface area contributed by atoms with Crippen molar-refractivity contribution in [1.29, 1.82) is 0 Å². The second-order valence-corrected chi connectivity index (χ2v) is 8.04. The van der Waals surface area contributed by atoms with Crippen LogP contribution >= 0.6 is 0 Å². The summed E-state index contributed by atoms with van der Waals surface area (Å²) in [5.74, 6) is 4.35. The van der Waals surface area contributed by atoms with Crippen LogP contribution in [-0.2, 0) is 6.54 Å². The number of benzene rings is 1. The van der Waals surface area contributed by atoms with Crippen LogP contribution in [0, 0.1) is 17.8 Å². The van der Waals surface area contributed by atoms with Gasteiger partial charge >= 0.3 is 0 Å². The Balaban J connectivity index is 1.27. The third-order valence-electron chi connectivity index (χ3n) is 6.31. The van der Waals surface area contributed by atoms with E-state index in [9.17, 15) is 0 Å². The number of allylic oxidation sites excluding steroid dienone is 2. The molecular weight excluding hydrogens is 324 g/mol. The van der Waals surface area contributed by atoms with E-state index in [0.717, 1.165) is 48.9 Å². The maximum atomic E-state index is 5.72. The maximum absolute atomic E-state index is 5.72. The highest BCUT2D eigenvalue weighted by Gasteiger charge is 2.36. The van der Waals surface area contributed by atoms with Crippen molar-refractivity contribution < 1.29 is 9.47 Å². The summed E-state index contributed by atoms with van der Waals surface area (Å²) in [5.41, 5.74) is 1.31. The van der Waals surface area contributed by atoms with Crippen LogP contribution in [0.1, 0.15) is 25.3 Å². The molecule has 1 aromatic rings. The van der Waals surface area contributed by atoms with Crippen LogP contribution in [0.2, 0.25) is 0 Å². The summed E-state index contributed by atoms with van der Waals surface area (Å²) >= 11 is 0. The Labute approximate surface area is 157 Å². The summed E-state index contributed by atoms with van der Waals surface area (Å²) in [5, 5.41) is 0. The molecule has 1 heterocycles. The normalized spacial score (nSPS) is 28.6. The summed E-state index contributed by atoms with van der Waals surface area (Å²) in [6.45, 7) is 9.69. The van der Waals surface area contributed by atoms with Crippen LogP contribution in [0.5, 0.6) is 11.5 Å². The summed E-state index contributed by atoms with van der Waals surface area (Å²) in [6, 6.07) is 6.32. The maximum Gasteiger partial charge on any atom is 0.161 e. The molecule has 0 aromatic heterocycles. The summed E-state index contributed by atoms with van der Waals surface area (Å²) < 4.78 is 11.1. The fourth-order valence-electron chi connectivity index (χ4n) is 4.91. The minimum Gasteiger partial charge on any atom is -0.493 e. The largest absolute Gasteiger partial charge is 0.493 e. The monoisotopic (exact) mass is 356 g/mol. The Hall–Kier alpha value is -1.52. The number of methoxy groups -OCH3 is 1. The zero-order valence-corrected chi connectivity index (χ0v) is 16.2. The van der Waals surface area contributed by atoms with Crippen LogP contribution in [0.25, 0.3) is 0 Å². The Morgan fingerprint density at radius 1 is 1.00 bits per heavy atom. The molecule has 4 rings (SSSR count). The summed E-state index contributed by atoms with van der Waals surface area (Å²) in [7, 11) is 1.70. The number of rotatable bonds is 7. The molecule has 0 amide bonds. The molecule has 0 radical (unpaired) electrons. The van der Waals surface area contributed by atoms with Gasteiger partial charge in [0, 0.05) is 39.3 Å². The van der Waals surface area contributed by atoms with E-state index in [4.69, 9.17) is 9.47 Å². The molecule has 142 valence electrons. The number of piperazine rings is 1. The predicted octanol–water partition coefficient (Wildman–Crippen LogP) is 3.42. The number of fused-ring (bicyclic) bond motifs is 2. The van der Waals surface area contributed by atoms with Gasteiger partial charge in [0.2, 0.25) is 0 Å². The van der Waals surface area contributed by atoms with Gasteiger partial charge in [-0.3, -0.25) is 4.90 Å². The van der Waals surface area contributed by atoms with Gasteiger partial charge in [-0.2, -0.15) is 0 Å². The fourth-order valence-corrected chi connectivity index (χ4v) is 4.91. The van der Waals surface area contributed by atoms with Gasteiger partial charge in [0.1, 0.15) is 0 Å². The molecule has 26 heavy (non-hydrogen) atoms. The van der Waals surface area contributed by atoms with Crippen molar-refractivity contribution in [2.24, 2.45) is 17.8 Å². The molecule has 2 aliphatic carbocycles. The van der Waals surface area contributed by atoms with E-state index in [2.05, 4.69) is 34.1 Å². The second-order valence-electron chi connectivity index (χ2n) is 8.04. The second kappa shape index (κ2) is 8.01. The zero-order valence-electron chi connectivity index (χ0n) is 16.2. The van der Waals surface area contributed by atoms with Crippen molar-refractivity contribution in [1.82, 2.24) is 9.80 Å². The number of hydrogen-bond donors (Lipinski definition) is 0. The van der Waals surface area contributed by atoms with E-state index in [1.807, 2.05) is 13.0 Å². The van der Waals surface area contributed by atoms with E-state index >= 15 is 0 Å². The third kappa shape index (κ3) is 3.91. The van der Waals surface area contributed by atoms with Gasteiger partial charge < -0.3 is 14.4 Å². The van der Waals surface area contributed by atoms with E-state index in [0.29, 0.717) is 6.61 Å². The van der Waals surface area contributed by atoms with Gasteiger partial charge in [-0.1, -0.05) is 18.2 Å². The molecule has 1 aliphatic heterocycles. The van der Waals surface area contributed by atoms with Crippen molar-refractivity contribution >= 4 is 0 Å². The number of ether oxygens (including phenoxy) is 2. The van der Waals surface area contributed by atoms with Gasteiger partial charge in [-0.15, -0.1) is 0 Å². The molecule has 1 aromatic carbocycles. The van der Waals surface area contributed by atoms with Crippen LogP contribution in [0.3, 0.4) is 0 Å². The molecule has 0 unspecified atom stereocenters. The molecule has 0 N–H and O–H groups in total. The first-order valence-corrected chi connectivity index (χ1v) is 10.2. The zero-order chi connectivity index (χ0) is 17.9. The van der Waals surface area contributed by atoms with E-state index < -0.39 is 0 Å². The first-order chi connectivity index (χ1) is 12.7. The molecule has 4 heteroatoms. The Bertz CT molecular complexity index is 637. The minimum atomic E-state index is 0.663. The molecule has 1 saturated heterocycles. The van der Waals surface area contributed by atoms with Gasteiger partial charge in [-0.25, -0.2) is 0 Å². The predicted molar refractivity (Wildman–Crippen MR) is 105 cm³/mol. The topological polar surface area (TPSA) is 24.9 Å². The highest BCUT2D eigenvalue weighted by molar-refractivity contribution is 5.43. The molecule has 2 fully saturated rings. The lowest BCUT2D eigenvalue weighted by atomic mass is 9.93. The van der Waals surface area contributed by atoms with Gasteiger partial charge in [0.15, 0.2) is 11.5 Å². The SMILES string of the molecule is CCOc1cc(CN2CCN(C[C@H]3C[C@H]4C=C[C@H]3C4)CC2)ccc1OC. The third-order valence-corrected chi connectivity index (χ3v) is 6.31. The van der Waals surface area contributed by atoms with Crippen molar-refractivity contribution in [3.8, 4) is 11.5 Å². The minimum absolute atomic E-state index is 0.663. The lowest BCUT2D eigenvalue weighted by Crippen LogP contribution is -2.47.